The zero-order chi connectivity index (χ0) is 12.2. The lowest BCUT2D eigenvalue weighted by Gasteiger charge is -2.03. The Labute approximate surface area is 95.5 Å². The second-order valence-electron chi connectivity index (χ2n) is 3.27. The molecular weight excluding hydrogens is 208 g/mol. The summed E-state index contributed by atoms with van der Waals surface area (Å²) in [5.74, 6) is 10.5. The lowest BCUT2D eigenvalue weighted by Crippen LogP contribution is -2.37. The van der Waals surface area contributed by atoms with Crippen molar-refractivity contribution < 1.29 is 0 Å². The van der Waals surface area contributed by atoms with Gasteiger partial charge in [-0.15, -0.1) is 5.10 Å². The van der Waals surface area contributed by atoms with Crippen molar-refractivity contribution in [2.24, 2.45) is 33.2 Å². The molecule has 0 aromatic rings. The molecule has 0 atom stereocenters. The van der Waals surface area contributed by atoms with E-state index in [0.717, 1.165) is 32.2 Å². The van der Waals surface area contributed by atoms with E-state index in [4.69, 9.17) is 23.2 Å². The number of rotatable bonds is 7. The summed E-state index contributed by atoms with van der Waals surface area (Å²) in [5, 5.41) is 6.18. The zero-order valence-corrected chi connectivity index (χ0v) is 9.45. The Kier molecular flexibility index (Phi) is 8.79. The maximum atomic E-state index is 5.35. The molecule has 0 fully saturated rings. The van der Waals surface area contributed by atoms with Gasteiger partial charge in [0.15, 0.2) is 0 Å². The highest BCUT2D eigenvalue weighted by Gasteiger charge is 1.92. The van der Waals surface area contributed by atoms with Crippen LogP contribution in [-0.4, -0.2) is 25.0 Å². The second kappa shape index (κ2) is 9.84. The average Bonchev–Trinajstić information content (AvgIpc) is 2.31. The first-order chi connectivity index (χ1) is 7.70. The lowest BCUT2D eigenvalue weighted by molar-refractivity contribution is 0.635. The van der Waals surface area contributed by atoms with Crippen LogP contribution in [0, 0.1) is 0 Å². The SMILES string of the molecule is NN=C(N)NCCCCCCN=C(N)NN. The third-order valence-corrected chi connectivity index (χ3v) is 1.96. The maximum Gasteiger partial charge on any atom is 0.210 e. The molecule has 0 aliphatic carbocycles. The van der Waals surface area contributed by atoms with Crippen LogP contribution in [0.3, 0.4) is 0 Å². The van der Waals surface area contributed by atoms with Gasteiger partial charge in [0, 0.05) is 13.1 Å². The predicted octanol–water partition coefficient (Wildman–Crippen LogP) is -1.90. The van der Waals surface area contributed by atoms with Crippen LogP contribution < -0.4 is 33.9 Å². The Hall–Kier alpha value is -1.70. The van der Waals surface area contributed by atoms with E-state index in [1.165, 1.54) is 0 Å². The number of nitrogens with one attached hydrogen (secondary N) is 2. The van der Waals surface area contributed by atoms with Crippen LogP contribution in [-0.2, 0) is 0 Å². The molecule has 94 valence electrons. The Morgan fingerprint density at radius 2 is 1.69 bits per heavy atom. The minimum Gasteiger partial charge on any atom is -0.369 e. The van der Waals surface area contributed by atoms with Crippen molar-refractivity contribution in [1.82, 2.24) is 10.7 Å². The molecule has 8 heteroatoms. The normalized spacial score (nSPS) is 12.6. The molecule has 0 radical (unpaired) electrons. The third-order valence-electron chi connectivity index (χ3n) is 1.96. The van der Waals surface area contributed by atoms with Crippen LogP contribution in [0.15, 0.2) is 10.1 Å². The van der Waals surface area contributed by atoms with Gasteiger partial charge in [0.25, 0.3) is 0 Å². The summed E-state index contributed by atoms with van der Waals surface area (Å²) in [6, 6.07) is 0. The van der Waals surface area contributed by atoms with E-state index in [1.54, 1.807) is 0 Å². The monoisotopic (exact) mass is 230 g/mol. The van der Waals surface area contributed by atoms with Gasteiger partial charge in [0.2, 0.25) is 11.9 Å². The molecule has 0 unspecified atom stereocenters. The van der Waals surface area contributed by atoms with Crippen LogP contribution in [0.25, 0.3) is 0 Å². The Bertz CT molecular complexity index is 224. The van der Waals surface area contributed by atoms with Crippen molar-refractivity contribution in [3.8, 4) is 0 Å². The summed E-state index contributed by atoms with van der Waals surface area (Å²) in [4.78, 5) is 3.99. The molecule has 0 aliphatic heterocycles. The van der Waals surface area contributed by atoms with Crippen molar-refractivity contribution in [3.63, 3.8) is 0 Å². The number of nitrogens with two attached hydrogens (primary N) is 4. The molecule has 10 N–H and O–H groups in total. The fourth-order valence-corrected chi connectivity index (χ4v) is 1.10. The fraction of sp³-hybridized carbons (Fsp3) is 0.750. The first-order valence-corrected chi connectivity index (χ1v) is 5.24. The minimum atomic E-state index is 0.270. The van der Waals surface area contributed by atoms with E-state index in [0.29, 0.717) is 6.54 Å². The summed E-state index contributed by atoms with van der Waals surface area (Å²) >= 11 is 0. The summed E-state index contributed by atoms with van der Waals surface area (Å²) < 4.78 is 0. The average molecular weight is 230 g/mol. The number of hydrazine groups is 1. The van der Waals surface area contributed by atoms with Gasteiger partial charge in [-0.25, -0.2) is 5.84 Å². The Morgan fingerprint density at radius 3 is 2.31 bits per heavy atom. The number of unbranched alkanes of at least 4 members (excludes halogenated alkanes) is 3. The molecule has 0 spiro atoms. The quantitative estimate of drug-likeness (QED) is 0.0987. The number of guanidine groups is 2. The van der Waals surface area contributed by atoms with Crippen molar-refractivity contribution in [2.75, 3.05) is 13.1 Å². The highest BCUT2D eigenvalue weighted by atomic mass is 15.3. The molecule has 16 heavy (non-hydrogen) atoms. The van der Waals surface area contributed by atoms with Gasteiger partial charge >= 0.3 is 0 Å². The first kappa shape index (κ1) is 14.3. The summed E-state index contributed by atoms with van der Waals surface area (Å²) in [7, 11) is 0. The zero-order valence-electron chi connectivity index (χ0n) is 9.45. The molecule has 8 nitrogen and oxygen atoms in total. The van der Waals surface area contributed by atoms with E-state index in [2.05, 4.69) is 20.8 Å². The third kappa shape index (κ3) is 8.88. The number of hydrogen-bond acceptors (Lipinski definition) is 4. The molecule has 0 saturated carbocycles. The molecule has 0 aliphatic rings. The van der Waals surface area contributed by atoms with Gasteiger partial charge in [0.05, 0.1) is 0 Å². The fourth-order valence-electron chi connectivity index (χ4n) is 1.10. The second-order valence-corrected chi connectivity index (χ2v) is 3.27. The van der Waals surface area contributed by atoms with Gasteiger partial charge in [-0.1, -0.05) is 12.8 Å². The standard InChI is InChI=1S/C8H22N8/c9-7(15-11)13-5-3-1-2-4-6-14-8(10)16-12/h1-6,11-12H2,(H3,9,13,15)(H3,10,14,16). The summed E-state index contributed by atoms with van der Waals surface area (Å²) in [5.41, 5.74) is 13.0. The molecular formula is C8H22N8. The Balaban J connectivity index is 3.22. The Morgan fingerprint density at radius 1 is 1.00 bits per heavy atom. The topological polar surface area (TPSA) is 153 Å². The number of aliphatic imine (C=N–C) groups is 1. The van der Waals surface area contributed by atoms with Crippen LogP contribution in [0.5, 0.6) is 0 Å². The summed E-state index contributed by atoms with van der Waals surface area (Å²) in [6.45, 7) is 1.47. The molecule has 0 aromatic heterocycles. The number of hydrogen-bond donors (Lipinski definition) is 6. The first-order valence-electron chi connectivity index (χ1n) is 5.24. The van der Waals surface area contributed by atoms with Crippen molar-refractivity contribution >= 4 is 11.9 Å². The molecule has 0 aromatic carbocycles. The van der Waals surface area contributed by atoms with Crippen LogP contribution >= 0.6 is 0 Å². The van der Waals surface area contributed by atoms with Crippen LogP contribution in [0.4, 0.5) is 0 Å². The van der Waals surface area contributed by atoms with Crippen LogP contribution in [0.2, 0.25) is 0 Å². The highest BCUT2D eigenvalue weighted by molar-refractivity contribution is 5.77. The molecule has 0 bridgehead atoms. The van der Waals surface area contributed by atoms with Gasteiger partial charge in [-0.05, 0) is 12.8 Å². The van der Waals surface area contributed by atoms with Crippen molar-refractivity contribution in [3.05, 3.63) is 0 Å². The number of nitrogens with zero attached hydrogens (tertiary/aromatic N) is 2. The smallest absolute Gasteiger partial charge is 0.210 e. The maximum absolute atomic E-state index is 5.35. The predicted molar refractivity (Wildman–Crippen MR) is 66.1 cm³/mol. The van der Waals surface area contributed by atoms with E-state index in [9.17, 15) is 0 Å². The van der Waals surface area contributed by atoms with Crippen molar-refractivity contribution in [2.45, 2.75) is 25.7 Å². The van der Waals surface area contributed by atoms with Crippen molar-refractivity contribution in [1.29, 1.82) is 0 Å². The molecule has 0 amide bonds. The van der Waals surface area contributed by atoms with Gasteiger partial charge in [-0.3, -0.25) is 10.4 Å². The van der Waals surface area contributed by atoms with E-state index in [-0.39, 0.29) is 11.9 Å². The molecule has 0 heterocycles. The van der Waals surface area contributed by atoms with Gasteiger partial charge in [-0.2, -0.15) is 0 Å². The van der Waals surface area contributed by atoms with E-state index < -0.39 is 0 Å². The van der Waals surface area contributed by atoms with Gasteiger partial charge in [0.1, 0.15) is 0 Å². The molecule has 0 saturated heterocycles. The largest absolute Gasteiger partial charge is 0.369 e. The summed E-state index contributed by atoms with van der Waals surface area (Å²) in [6.07, 6.45) is 4.19. The van der Waals surface area contributed by atoms with E-state index in [1.807, 2.05) is 0 Å². The highest BCUT2D eigenvalue weighted by Crippen LogP contribution is 1.98. The molecule has 0 rings (SSSR count). The van der Waals surface area contributed by atoms with E-state index >= 15 is 0 Å². The van der Waals surface area contributed by atoms with Crippen LogP contribution in [0.1, 0.15) is 25.7 Å². The van der Waals surface area contributed by atoms with Gasteiger partial charge < -0.3 is 22.6 Å². The number of hydrazone groups is 1. The minimum absolute atomic E-state index is 0.270. The lowest BCUT2D eigenvalue weighted by atomic mass is 10.2.